The van der Waals surface area contributed by atoms with E-state index in [1.807, 2.05) is 19.1 Å². The number of pyridine rings is 1. The molecule has 1 aromatic carbocycles. The van der Waals surface area contributed by atoms with Crippen LogP contribution in [0.5, 0.6) is 0 Å². The zero-order chi connectivity index (χ0) is 28.5. The van der Waals surface area contributed by atoms with Gasteiger partial charge >= 0.3 is 12.0 Å². The molecule has 0 bridgehead atoms. The molecule has 202 valence electrons. The number of nitrogen functional groups attached to an aromatic ring is 1. The fourth-order valence-corrected chi connectivity index (χ4v) is 2.78. The summed E-state index contributed by atoms with van der Waals surface area (Å²) < 4.78 is 29.9. The number of aromatic nitrogens is 1. The Kier molecular flexibility index (Phi) is 13.8. The summed E-state index contributed by atoms with van der Waals surface area (Å²) in [6.45, 7) is 2.87. The molecule has 0 spiro atoms. The largest absolute Gasteiger partial charge is 0.467 e. The number of amides is 2. The number of ether oxygens (including phenoxy) is 1. The number of amidine groups is 1. The quantitative estimate of drug-likeness (QED) is 0.0668. The fourth-order valence-electron chi connectivity index (χ4n) is 2.78. The fraction of sp³-hybridized carbons (Fsp3) is 0.231. The molecule has 2 amide bonds. The van der Waals surface area contributed by atoms with Gasteiger partial charge in [0.25, 0.3) is 0 Å². The lowest BCUT2D eigenvalue weighted by molar-refractivity contribution is -0.142. The molecule has 2 aromatic rings. The van der Waals surface area contributed by atoms with E-state index in [-0.39, 0.29) is 23.5 Å². The Morgan fingerprint density at radius 3 is 2.63 bits per heavy atom. The van der Waals surface area contributed by atoms with Gasteiger partial charge in [0.1, 0.15) is 29.9 Å². The first-order valence-corrected chi connectivity index (χ1v) is 11.2. The Labute approximate surface area is 220 Å². The molecule has 0 aliphatic rings. The summed E-state index contributed by atoms with van der Waals surface area (Å²) in [7, 11) is 1.22. The van der Waals surface area contributed by atoms with Gasteiger partial charge in [0.15, 0.2) is 0 Å². The predicted octanol–water partition coefficient (Wildman–Crippen LogP) is 3.59. The van der Waals surface area contributed by atoms with Crippen molar-refractivity contribution < 1.29 is 23.1 Å². The summed E-state index contributed by atoms with van der Waals surface area (Å²) in [5.74, 6) is 6.35. The molecule has 0 aliphatic carbocycles. The van der Waals surface area contributed by atoms with Crippen LogP contribution in [0.1, 0.15) is 25.8 Å². The molecular weight excluding hydrogens is 496 g/mol. The number of rotatable bonds is 8. The highest BCUT2D eigenvalue weighted by Gasteiger charge is 2.16. The Morgan fingerprint density at radius 2 is 2.05 bits per heavy atom. The van der Waals surface area contributed by atoms with E-state index in [1.165, 1.54) is 20.2 Å². The zero-order valence-corrected chi connectivity index (χ0v) is 21.3. The van der Waals surface area contributed by atoms with Crippen molar-refractivity contribution >= 4 is 29.3 Å². The maximum atomic E-state index is 13.1. The molecule has 0 saturated heterocycles. The van der Waals surface area contributed by atoms with Gasteiger partial charge in [0.2, 0.25) is 0 Å². The third-order valence-electron chi connectivity index (χ3n) is 4.64. The molecule has 1 heterocycles. The van der Waals surface area contributed by atoms with Gasteiger partial charge in [0.05, 0.1) is 19.2 Å². The number of hydrogen-bond donors (Lipinski definition) is 5. The minimum atomic E-state index is -1.08. The molecule has 0 saturated carbocycles. The first kappa shape index (κ1) is 31.3. The first-order chi connectivity index (χ1) is 18.2. The number of nitrogens with two attached hydrogens (primary N) is 2. The molecule has 2 rings (SSSR count). The standard InChI is InChI=1S/C20H23F2N7O3.C6H8/c1-11(19(30)32-2)27-20(31)28-15-5-3-4-12(6-15)13-7-16(17(23)25-9-13)18(29-24)26-10-14(22)8-21;1-3-5-6-4-2/h3-9,11H,10,24H2,1-2H3,(H2,23,25)(H,26,29)(H2,27,28,31);1,4,6H,5H2,2H3/b14-8-;6-4-. The summed E-state index contributed by atoms with van der Waals surface area (Å²) in [5.41, 5.74) is 10.1. The van der Waals surface area contributed by atoms with Crippen molar-refractivity contribution in [2.45, 2.75) is 26.3 Å². The number of hydrazine groups is 1. The topological polar surface area (TPSA) is 157 Å². The zero-order valence-electron chi connectivity index (χ0n) is 21.3. The smallest absolute Gasteiger partial charge is 0.328 e. The summed E-state index contributed by atoms with van der Waals surface area (Å²) in [6.07, 6.45) is 10.9. The van der Waals surface area contributed by atoms with Crippen LogP contribution in [0.15, 0.2) is 65.8 Å². The second-order valence-corrected chi connectivity index (χ2v) is 7.42. The highest BCUT2D eigenvalue weighted by atomic mass is 19.2. The molecule has 10 nitrogen and oxygen atoms in total. The number of benzene rings is 1. The SMILES string of the molecule is C#CC/C=C\C.COC(=O)C(C)NC(=O)Nc1cccc(-c2cnc(N)c(C(=NC/C(F)=C/F)NN)c2)c1. The van der Waals surface area contributed by atoms with Crippen molar-refractivity contribution in [3.63, 3.8) is 0 Å². The van der Waals surface area contributed by atoms with Crippen LogP contribution in [0, 0.1) is 12.3 Å². The average molecular weight is 528 g/mol. The number of aliphatic imine (C=N–C) groups is 1. The van der Waals surface area contributed by atoms with Gasteiger partial charge in [-0.05, 0) is 37.6 Å². The molecule has 1 aromatic heterocycles. The van der Waals surface area contributed by atoms with Crippen molar-refractivity contribution in [3.8, 4) is 23.5 Å². The number of allylic oxidation sites excluding steroid dienone is 2. The van der Waals surface area contributed by atoms with Gasteiger partial charge in [-0.3, -0.25) is 4.99 Å². The second-order valence-electron chi connectivity index (χ2n) is 7.42. The molecular formula is C26H31F2N7O3. The van der Waals surface area contributed by atoms with E-state index in [0.29, 0.717) is 16.8 Å². The van der Waals surface area contributed by atoms with E-state index < -0.39 is 30.4 Å². The number of urea groups is 1. The minimum absolute atomic E-state index is 0.0132. The van der Waals surface area contributed by atoms with Crippen LogP contribution in [0.2, 0.25) is 0 Å². The number of carbonyl (C=O) groups excluding carboxylic acids is 2. The second kappa shape index (κ2) is 16.8. The number of nitrogens with zero attached hydrogens (tertiary/aromatic N) is 2. The summed E-state index contributed by atoms with van der Waals surface area (Å²) >= 11 is 0. The molecule has 0 fully saturated rings. The number of anilines is 2. The Morgan fingerprint density at radius 1 is 1.32 bits per heavy atom. The normalized spacial score (nSPS) is 12.0. The van der Waals surface area contributed by atoms with Gasteiger partial charge in [-0.15, -0.1) is 12.3 Å². The summed E-state index contributed by atoms with van der Waals surface area (Å²) in [5, 5.41) is 5.07. The Hall–Kier alpha value is -4.76. The lowest BCUT2D eigenvalue weighted by atomic mass is 10.0. The Bertz CT molecular complexity index is 1220. The van der Waals surface area contributed by atoms with E-state index in [0.717, 1.165) is 6.42 Å². The molecule has 0 aliphatic heterocycles. The van der Waals surface area contributed by atoms with Crippen molar-refractivity contribution in [3.05, 3.63) is 66.4 Å². The van der Waals surface area contributed by atoms with Crippen molar-refractivity contribution in [1.29, 1.82) is 0 Å². The number of hydrogen-bond acceptors (Lipinski definition) is 7. The van der Waals surface area contributed by atoms with Crippen LogP contribution in [0.3, 0.4) is 0 Å². The molecule has 12 heteroatoms. The van der Waals surface area contributed by atoms with Crippen LogP contribution in [0.25, 0.3) is 11.1 Å². The number of esters is 1. The lowest BCUT2D eigenvalue weighted by Gasteiger charge is -2.14. The number of methoxy groups -OCH3 is 1. The highest BCUT2D eigenvalue weighted by molar-refractivity contribution is 6.03. The average Bonchev–Trinajstić information content (AvgIpc) is 2.92. The molecule has 1 unspecified atom stereocenters. The number of terminal acetylenes is 1. The number of halogens is 2. The van der Waals surface area contributed by atoms with Crippen molar-refractivity contribution in [1.82, 2.24) is 15.7 Å². The molecule has 38 heavy (non-hydrogen) atoms. The third-order valence-corrected chi connectivity index (χ3v) is 4.64. The van der Waals surface area contributed by atoms with Gasteiger partial charge < -0.3 is 26.5 Å². The van der Waals surface area contributed by atoms with Crippen LogP contribution >= 0.6 is 0 Å². The van der Waals surface area contributed by atoms with Gasteiger partial charge in [-0.25, -0.2) is 29.2 Å². The van der Waals surface area contributed by atoms with E-state index >= 15 is 0 Å². The summed E-state index contributed by atoms with van der Waals surface area (Å²) in [6, 6.07) is 6.95. The van der Waals surface area contributed by atoms with Crippen LogP contribution in [-0.2, 0) is 9.53 Å². The first-order valence-electron chi connectivity index (χ1n) is 11.2. The van der Waals surface area contributed by atoms with E-state index in [9.17, 15) is 18.4 Å². The number of nitrogens with one attached hydrogen (secondary N) is 3. The monoisotopic (exact) mass is 527 g/mol. The maximum Gasteiger partial charge on any atom is 0.328 e. The van der Waals surface area contributed by atoms with Gasteiger partial charge in [-0.2, -0.15) is 0 Å². The summed E-state index contributed by atoms with van der Waals surface area (Å²) in [4.78, 5) is 31.5. The molecule has 7 N–H and O–H groups in total. The molecule has 0 radical (unpaired) electrons. The maximum absolute atomic E-state index is 13.1. The van der Waals surface area contributed by atoms with E-state index in [2.05, 4.69) is 36.7 Å². The van der Waals surface area contributed by atoms with E-state index in [4.69, 9.17) is 18.0 Å². The molecule has 1 atom stereocenters. The third kappa shape index (κ3) is 10.5. The van der Waals surface area contributed by atoms with Crippen LogP contribution in [0.4, 0.5) is 25.1 Å². The van der Waals surface area contributed by atoms with Gasteiger partial charge in [-0.1, -0.05) is 24.3 Å². The lowest BCUT2D eigenvalue weighted by Crippen LogP contribution is -2.41. The highest BCUT2D eigenvalue weighted by Crippen LogP contribution is 2.25. The predicted molar refractivity (Wildman–Crippen MR) is 145 cm³/mol. The van der Waals surface area contributed by atoms with Gasteiger partial charge in [0, 0.05) is 23.9 Å². The van der Waals surface area contributed by atoms with Crippen LogP contribution < -0.4 is 27.6 Å². The van der Waals surface area contributed by atoms with Crippen LogP contribution in [-0.4, -0.2) is 42.5 Å². The number of carbonyl (C=O) groups is 2. The van der Waals surface area contributed by atoms with Crippen molar-refractivity contribution in [2.75, 3.05) is 24.7 Å². The van der Waals surface area contributed by atoms with E-state index in [1.54, 1.807) is 30.3 Å². The van der Waals surface area contributed by atoms with Crippen molar-refractivity contribution in [2.24, 2.45) is 10.8 Å². The Balaban J connectivity index is 0.00000107. The minimum Gasteiger partial charge on any atom is -0.467 e.